The Hall–Kier alpha value is -1.09. The van der Waals surface area contributed by atoms with Gasteiger partial charge in [0.05, 0.1) is 12.2 Å². The lowest BCUT2D eigenvalue weighted by Gasteiger charge is -2.64. The summed E-state index contributed by atoms with van der Waals surface area (Å²) >= 11 is 0. The molecule has 1 aliphatic heterocycles. The second kappa shape index (κ2) is 5.95. The Balaban J connectivity index is 1.66. The van der Waals surface area contributed by atoms with Crippen LogP contribution < -0.4 is 10.0 Å². The number of rotatable bonds is 2. The fourth-order valence-electron chi connectivity index (χ4n) is 7.78. The third-order valence-corrected chi connectivity index (χ3v) is 8.78. The van der Waals surface area contributed by atoms with Gasteiger partial charge in [-0.25, -0.2) is 0 Å². The standard InChI is InChI=1S/C23H35NO2/c1-21(2)10-5-11-23(4)18(21)8-12-22(3)17-9-13-24(15-20(25)26)14-16(17)6-7-19(22)23/h9,14,18-19H,5-8,10-13,15H2,1-4H3,(H,25,26). The molecule has 1 heterocycles. The second-order valence-electron chi connectivity index (χ2n) is 10.6. The molecule has 0 aromatic carbocycles. The molecule has 4 aliphatic rings. The SMILES string of the molecule is CC1(C)CCCC2(C)C1CCC1(C)C3=CC[NH+](CC(=O)[O-])C=C3CCC12. The van der Waals surface area contributed by atoms with Crippen molar-refractivity contribution in [2.75, 3.05) is 13.1 Å². The maximum atomic E-state index is 11.0. The zero-order chi connectivity index (χ0) is 18.7. The number of nitrogens with one attached hydrogen (secondary N) is 1. The lowest BCUT2D eigenvalue weighted by molar-refractivity contribution is -0.836. The average Bonchev–Trinajstić information content (AvgIpc) is 2.52. The molecule has 26 heavy (non-hydrogen) atoms. The molecule has 0 spiro atoms. The van der Waals surface area contributed by atoms with E-state index in [-0.39, 0.29) is 12.0 Å². The highest BCUT2D eigenvalue weighted by Crippen LogP contribution is 2.68. The topological polar surface area (TPSA) is 44.6 Å². The van der Waals surface area contributed by atoms with Gasteiger partial charge in [0.15, 0.2) is 0 Å². The van der Waals surface area contributed by atoms with Crippen LogP contribution >= 0.6 is 0 Å². The Morgan fingerprint density at radius 3 is 2.65 bits per heavy atom. The minimum atomic E-state index is -0.953. The molecule has 3 heteroatoms. The zero-order valence-corrected chi connectivity index (χ0v) is 17.0. The van der Waals surface area contributed by atoms with Gasteiger partial charge in [-0.1, -0.05) is 34.1 Å². The fraction of sp³-hybridized carbons (Fsp3) is 0.783. The highest BCUT2D eigenvalue weighted by atomic mass is 16.4. The summed E-state index contributed by atoms with van der Waals surface area (Å²) in [6, 6.07) is 0. The molecule has 0 bridgehead atoms. The summed E-state index contributed by atoms with van der Waals surface area (Å²) in [5.41, 5.74) is 4.18. The van der Waals surface area contributed by atoms with Crippen molar-refractivity contribution >= 4 is 5.97 Å². The van der Waals surface area contributed by atoms with E-state index in [2.05, 4.69) is 40.0 Å². The molecule has 1 N–H and O–H groups in total. The molecule has 3 nitrogen and oxygen atoms in total. The lowest BCUT2D eigenvalue weighted by atomic mass is 9.40. The highest BCUT2D eigenvalue weighted by molar-refractivity contribution is 5.65. The monoisotopic (exact) mass is 357 g/mol. The van der Waals surface area contributed by atoms with Gasteiger partial charge >= 0.3 is 0 Å². The summed E-state index contributed by atoms with van der Waals surface area (Å²) in [7, 11) is 0. The van der Waals surface area contributed by atoms with E-state index < -0.39 is 5.97 Å². The van der Waals surface area contributed by atoms with Crippen LogP contribution in [0.1, 0.15) is 72.6 Å². The zero-order valence-electron chi connectivity index (χ0n) is 17.0. The number of fused-ring (bicyclic) bond motifs is 5. The molecule has 0 saturated heterocycles. The number of carboxylic acids is 1. The van der Waals surface area contributed by atoms with Gasteiger partial charge in [0.2, 0.25) is 0 Å². The van der Waals surface area contributed by atoms with Crippen molar-refractivity contribution in [3.05, 3.63) is 23.4 Å². The molecular weight excluding hydrogens is 322 g/mol. The van der Waals surface area contributed by atoms with E-state index in [0.717, 1.165) is 29.7 Å². The third-order valence-electron chi connectivity index (χ3n) is 8.78. The lowest BCUT2D eigenvalue weighted by Crippen LogP contribution is -3.09. The van der Waals surface area contributed by atoms with E-state index in [1.54, 1.807) is 5.57 Å². The Labute approximate surface area is 158 Å². The highest BCUT2D eigenvalue weighted by Gasteiger charge is 2.60. The number of carbonyl (C=O) groups excluding carboxylic acids is 1. The maximum absolute atomic E-state index is 11.0. The number of quaternary nitrogens is 1. The fourth-order valence-corrected chi connectivity index (χ4v) is 7.78. The van der Waals surface area contributed by atoms with Crippen LogP contribution in [0.2, 0.25) is 0 Å². The van der Waals surface area contributed by atoms with Crippen LogP contribution in [0.25, 0.3) is 0 Å². The van der Waals surface area contributed by atoms with Crippen molar-refractivity contribution in [1.82, 2.24) is 0 Å². The van der Waals surface area contributed by atoms with E-state index >= 15 is 0 Å². The predicted molar refractivity (Wildman–Crippen MR) is 101 cm³/mol. The van der Waals surface area contributed by atoms with Gasteiger partial charge < -0.3 is 14.8 Å². The van der Waals surface area contributed by atoms with Crippen LogP contribution in [0.15, 0.2) is 23.4 Å². The molecule has 144 valence electrons. The number of hydrogen-bond donors (Lipinski definition) is 1. The van der Waals surface area contributed by atoms with Gasteiger partial charge in [0.25, 0.3) is 0 Å². The number of carbonyl (C=O) groups is 1. The summed E-state index contributed by atoms with van der Waals surface area (Å²) in [6.45, 7) is 11.0. The van der Waals surface area contributed by atoms with Crippen LogP contribution in [0, 0.1) is 28.1 Å². The largest absolute Gasteiger partial charge is 0.544 e. The van der Waals surface area contributed by atoms with Crippen LogP contribution in [0.4, 0.5) is 0 Å². The van der Waals surface area contributed by atoms with E-state index in [4.69, 9.17) is 0 Å². The number of hydrogen-bond acceptors (Lipinski definition) is 2. The van der Waals surface area contributed by atoms with E-state index in [0.29, 0.717) is 10.8 Å². The van der Waals surface area contributed by atoms with Crippen LogP contribution in [-0.2, 0) is 4.79 Å². The van der Waals surface area contributed by atoms with E-state index in [9.17, 15) is 9.90 Å². The first-order chi connectivity index (χ1) is 12.2. The Morgan fingerprint density at radius 2 is 1.92 bits per heavy atom. The summed E-state index contributed by atoms with van der Waals surface area (Å²) in [6.07, 6.45) is 13.7. The molecule has 0 aromatic heterocycles. The molecule has 0 amide bonds. The van der Waals surface area contributed by atoms with Crippen molar-refractivity contribution in [3.8, 4) is 0 Å². The van der Waals surface area contributed by atoms with Gasteiger partial charge in [0, 0.05) is 5.57 Å². The minimum absolute atomic E-state index is 0.0847. The molecule has 5 unspecified atom stereocenters. The summed E-state index contributed by atoms with van der Waals surface area (Å²) < 4.78 is 0. The molecule has 0 radical (unpaired) electrons. The molecule has 0 aromatic rings. The number of aliphatic carboxylic acids is 1. The summed E-state index contributed by atoms with van der Waals surface area (Å²) in [4.78, 5) is 12.0. The first-order valence-corrected chi connectivity index (χ1v) is 10.6. The third kappa shape index (κ3) is 2.61. The van der Waals surface area contributed by atoms with Crippen molar-refractivity contribution in [3.63, 3.8) is 0 Å². The molecule has 3 saturated carbocycles. The minimum Gasteiger partial charge on any atom is -0.544 e. The first-order valence-electron chi connectivity index (χ1n) is 10.6. The maximum Gasteiger partial charge on any atom is 0.122 e. The van der Waals surface area contributed by atoms with Gasteiger partial charge in [0.1, 0.15) is 13.1 Å². The van der Waals surface area contributed by atoms with E-state index in [1.807, 2.05) is 0 Å². The van der Waals surface area contributed by atoms with Gasteiger partial charge in [-0.15, -0.1) is 0 Å². The van der Waals surface area contributed by atoms with Crippen LogP contribution in [0.5, 0.6) is 0 Å². The second-order valence-corrected chi connectivity index (χ2v) is 10.6. The Bertz CT molecular complexity index is 676. The molecule has 3 fully saturated rings. The molecular formula is C23H35NO2. The average molecular weight is 358 g/mol. The van der Waals surface area contributed by atoms with Gasteiger partial charge in [-0.05, 0) is 78.3 Å². The smallest absolute Gasteiger partial charge is 0.122 e. The number of carboxylic acid groups (broad SMARTS) is 1. The predicted octanol–water partition coefficient (Wildman–Crippen LogP) is 2.49. The molecule has 3 aliphatic carbocycles. The summed E-state index contributed by atoms with van der Waals surface area (Å²) in [5, 5.41) is 11.0. The first kappa shape index (κ1) is 18.3. The van der Waals surface area contributed by atoms with E-state index in [1.165, 1.54) is 44.1 Å². The van der Waals surface area contributed by atoms with Gasteiger partial charge in [-0.3, -0.25) is 0 Å². The Morgan fingerprint density at radius 1 is 1.15 bits per heavy atom. The molecule has 5 atom stereocenters. The van der Waals surface area contributed by atoms with Crippen LogP contribution in [0.3, 0.4) is 0 Å². The van der Waals surface area contributed by atoms with Crippen molar-refractivity contribution in [2.24, 2.45) is 28.1 Å². The quantitative estimate of drug-likeness (QED) is 0.825. The number of allylic oxidation sites excluding steroid dienone is 2. The van der Waals surface area contributed by atoms with Gasteiger partial charge in [-0.2, -0.15) is 0 Å². The Kier molecular flexibility index (Phi) is 4.19. The van der Waals surface area contributed by atoms with Crippen molar-refractivity contribution in [1.29, 1.82) is 0 Å². The van der Waals surface area contributed by atoms with Crippen molar-refractivity contribution in [2.45, 2.75) is 72.6 Å². The van der Waals surface area contributed by atoms with Crippen LogP contribution in [-0.4, -0.2) is 19.1 Å². The van der Waals surface area contributed by atoms with Crippen molar-refractivity contribution < 1.29 is 14.8 Å². The molecule has 4 rings (SSSR count). The summed E-state index contributed by atoms with van der Waals surface area (Å²) in [5.74, 6) is 0.655. The normalized spacial score (nSPS) is 44.1.